The molecule has 0 spiro atoms. The highest BCUT2D eigenvalue weighted by molar-refractivity contribution is 7.92. The van der Waals surface area contributed by atoms with Gasteiger partial charge in [0.05, 0.1) is 22.5 Å². The third kappa shape index (κ3) is 8.12. The Balaban J connectivity index is 1.64. The smallest absolute Gasteiger partial charge is 0.326 e. The van der Waals surface area contributed by atoms with Gasteiger partial charge >= 0.3 is 5.97 Å². The minimum absolute atomic E-state index is 0.139. The Kier molecular flexibility index (Phi) is 10.6. The van der Waals surface area contributed by atoms with Crippen molar-refractivity contribution in [3.05, 3.63) is 89.5 Å². The highest BCUT2D eigenvalue weighted by Gasteiger charge is 2.40. The van der Waals surface area contributed by atoms with Crippen LogP contribution in [0, 0.1) is 6.92 Å². The molecule has 0 aromatic heterocycles. The summed E-state index contributed by atoms with van der Waals surface area (Å²) in [5.41, 5.74) is 3.35. The molecule has 2 N–H and O–H groups in total. The monoisotopic (exact) mass is 642 g/mol. The number of benzene rings is 3. The van der Waals surface area contributed by atoms with Crippen molar-refractivity contribution in [1.29, 1.82) is 0 Å². The SMILES string of the molecule is COC[C@@H]1C[C@H](S(=O)(=O)c2ccccc2)CN1Cc1ccc(C(=O)N[C@H](CCS(C)(=O)=O)C(=O)O)c(-c2ccccc2C)c1. The van der Waals surface area contributed by atoms with Crippen LogP contribution in [0.5, 0.6) is 0 Å². The van der Waals surface area contributed by atoms with Crippen LogP contribution in [0.3, 0.4) is 0 Å². The summed E-state index contributed by atoms with van der Waals surface area (Å²) in [5.74, 6) is -2.34. The van der Waals surface area contributed by atoms with Crippen molar-refractivity contribution in [2.75, 3.05) is 32.3 Å². The van der Waals surface area contributed by atoms with Gasteiger partial charge in [0.1, 0.15) is 15.9 Å². The zero-order valence-electron chi connectivity index (χ0n) is 25.0. The van der Waals surface area contributed by atoms with E-state index in [2.05, 4.69) is 10.2 Å². The molecule has 0 bridgehead atoms. The fourth-order valence-electron chi connectivity index (χ4n) is 5.57. The Morgan fingerprint density at radius 1 is 1.00 bits per heavy atom. The molecule has 12 heteroatoms. The Morgan fingerprint density at radius 2 is 1.68 bits per heavy atom. The van der Waals surface area contributed by atoms with Gasteiger partial charge in [0, 0.05) is 38.1 Å². The van der Waals surface area contributed by atoms with Crippen molar-refractivity contribution < 1.29 is 36.3 Å². The first-order valence-electron chi connectivity index (χ1n) is 14.2. The number of carboxylic acid groups (broad SMARTS) is 1. The third-order valence-electron chi connectivity index (χ3n) is 7.89. The Labute approximate surface area is 258 Å². The highest BCUT2D eigenvalue weighted by Crippen LogP contribution is 2.32. The number of hydrogen-bond acceptors (Lipinski definition) is 8. The molecule has 44 heavy (non-hydrogen) atoms. The van der Waals surface area contributed by atoms with E-state index in [1.54, 1.807) is 49.6 Å². The minimum atomic E-state index is -3.56. The van der Waals surface area contributed by atoms with E-state index in [-0.39, 0.29) is 28.7 Å². The zero-order chi connectivity index (χ0) is 32.1. The third-order valence-corrected chi connectivity index (χ3v) is 11.0. The molecule has 1 saturated heterocycles. The number of methoxy groups -OCH3 is 1. The second-order valence-electron chi connectivity index (χ2n) is 11.2. The van der Waals surface area contributed by atoms with E-state index in [0.717, 1.165) is 22.9 Å². The topological polar surface area (TPSA) is 147 Å². The molecule has 3 atom stereocenters. The number of aryl methyl sites for hydroxylation is 1. The van der Waals surface area contributed by atoms with Gasteiger partial charge < -0.3 is 15.2 Å². The number of sulfone groups is 2. The van der Waals surface area contributed by atoms with Crippen LogP contribution >= 0.6 is 0 Å². The summed E-state index contributed by atoms with van der Waals surface area (Å²) in [6, 6.07) is 19.7. The Morgan fingerprint density at radius 3 is 2.32 bits per heavy atom. The number of nitrogens with one attached hydrogen (secondary N) is 1. The summed E-state index contributed by atoms with van der Waals surface area (Å²) >= 11 is 0. The maximum Gasteiger partial charge on any atom is 0.326 e. The summed E-state index contributed by atoms with van der Waals surface area (Å²) in [6.45, 7) is 2.98. The number of carbonyl (C=O) groups is 2. The Hall–Kier alpha value is -3.58. The normalized spacial score (nSPS) is 18.2. The maximum absolute atomic E-state index is 13.5. The fourth-order valence-corrected chi connectivity index (χ4v) is 8.02. The van der Waals surface area contributed by atoms with E-state index in [4.69, 9.17) is 4.74 Å². The van der Waals surface area contributed by atoms with E-state index in [1.807, 2.05) is 37.3 Å². The molecular weight excluding hydrogens is 604 g/mol. The number of amides is 1. The minimum Gasteiger partial charge on any atom is -0.480 e. The molecule has 3 aromatic carbocycles. The second kappa shape index (κ2) is 14.0. The quantitative estimate of drug-likeness (QED) is 0.287. The molecule has 0 radical (unpaired) electrons. The molecular formula is C32H38N2O8S2. The van der Waals surface area contributed by atoms with Gasteiger partial charge in [-0.25, -0.2) is 21.6 Å². The van der Waals surface area contributed by atoms with E-state index < -0.39 is 42.8 Å². The summed E-state index contributed by atoms with van der Waals surface area (Å²) in [4.78, 5) is 27.7. The van der Waals surface area contributed by atoms with Gasteiger partial charge in [-0.1, -0.05) is 48.5 Å². The lowest BCUT2D eigenvalue weighted by Crippen LogP contribution is -2.42. The molecule has 0 unspecified atom stereocenters. The highest BCUT2D eigenvalue weighted by atomic mass is 32.2. The molecule has 0 aliphatic carbocycles. The molecule has 1 heterocycles. The second-order valence-corrected chi connectivity index (χ2v) is 15.7. The first kappa shape index (κ1) is 33.3. The number of rotatable bonds is 13. The fraction of sp³-hybridized carbons (Fsp3) is 0.375. The molecule has 4 rings (SSSR count). The summed E-state index contributed by atoms with van der Waals surface area (Å²) in [6.07, 6.45) is 1.17. The van der Waals surface area contributed by atoms with Gasteiger partial charge in [-0.05, 0) is 66.3 Å². The van der Waals surface area contributed by atoms with Crippen molar-refractivity contribution >= 4 is 31.6 Å². The lowest BCUT2D eigenvalue weighted by atomic mass is 9.93. The number of hydrogen-bond donors (Lipinski definition) is 2. The van der Waals surface area contributed by atoms with Crippen LogP contribution in [0.2, 0.25) is 0 Å². The van der Waals surface area contributed by atoms with Crippen LogP contribution in [-0.2, 0) is 35.8 Å². The lowest BCUT2D eigenvalue weighted by molar-refractivity contribution is -0.139. The largest absolute Gasteiger partial charge is 0.480 e. The van der Waals surface area contributed by atoms with Crippen LogP contribution in [-0.4, -0.2) is 88.3 Å². The van der Waals surface area contributed by atoms with Gasteiger partial charge in [-0.15, -0.1) is 0 Å². The molecule has 1 amide bonds. The molecule has 10 nitrogen and oxygen atoms in total. The van der Waals surface area contributed by atoms with Crippen LogP contribution in [0.4, 0.5) is 0 Å². The number of carboxylic acids is 1. The molecule has 0 saturated carbocycles. The van der Waals surface area contributed by atoms with Gasteiger partial charge in [0.15, 0.2) is 9.84 Å². The number of likely N-dealkylation sites (tertiary alicyclic amines) is 1. The standard InChI is InChI=1S/C32H38N2O8S2/c1-22-9-7-8-12-27(22)29-17-23(13-14-28(29)31(35)33-30(32(36)37)15-16-43(3,38)39)19-34-20-26(18-24(34)21-42-2)44(40,41)25-10-5-4-6-11-25/h4-14,17,24,26,30H,15-16,18-21H2,1-3H3,(H,33,35)(H,36,37)/t24-,26-,30+/m0/s1. The van der Waals surface area contributed by atoms with Gasteiger partial charge in [0.2, 0.25) is 0 Å². The average molecular weight is 643 g/mol. The predicted octanol–water partition coefficient (Wildman–Crippen LogP) is 3.34. The first-order chi connectivity index (χ1) is 20.8. The van der Waals surface area contributed by atoms with E-state index in [1.165, 1.54) is 0 Å². The molecule has 1 aliphatic heterocycles. The number of aliphatic carboxylic acids is 1. The summed E-state index contributed by atoms with van der Waals surface area (Å²) in [7, 11) is -5.40. The predicted molar refractivity (Wildman–Crippen MR) is 168 cm³/mol. The van der Waals surface area contributed by atoms with Crippen LogP contribution in [0.25, 0.3) is 11.1 Å². The maximum atomic E-state index is 13.5. The summed E-state index contributed by atoms with van der Waals surface area (Å²) < 4.78 is 55.6. The van der Waals surface area contributed by atoms with Gasteiger partial charge in [-0.3, -0.25) is 9.69 Å². The number of ether oxygens (including phenoxy) is 1. The summed E-state index contributed by atoms with van der Waals surface area (Å²) in [5, 5.41) is 11.5. The first-order valence-corrected chi connectivity index (χ1v) is 17.8. The lowest BCUT2D eigenvalue weighted by Gasteiger charge is -2.24. The van der Waals surface area contributed by atoms with E-state index >= 15 is 0 Å². The van der Waals surface area contributed by atoms with Crippen LogP contribution in [0.15, 0.2) is 77.7 Å². The number of carbonyl (C=O) groups excluding carboxylic acids is 1. The van der Waals surface area contributed by atoms with E-state index in [9.17, 15) is 31.5 Å². The van der Waals surface area contributed by atoms with Gasteiger partial charge in [-0.2, -0.15) is 0 Å². The van der Waals surface area contributed by atoms with Crippen molar-refractivity contribution in [1.82, 2.24) is 10.2 Å². The zero-order valence-corrected chi connectivity index (χ0v) is 26.6. The Bertz CT molecular complexity index is 1710. The van der Waals surface area contributed by atoms with Crippen molar-refractivity contribution in [2.45, 2.75) is 48.5 Å². The van der Waals surface area contributed by atoms with Crippen molar-refractivity contribution in [3.8, 4) is 11.1 Å². The van der Waals surface area contributed by atoms with Crippen molar-refractivity contribution in [2.24, 2.45) is 0 Å². The number of nitrogens with zero attached hydrogens (tertiary/aromatic N) is 1. The molecule has 3 aromatic rings. The van der Waals surface area contributed by atoms with Crippen LogP contribution < -0.4 is 5.32 Å². The van der Waals surface area contributed by atoms with Crippen LogP contribution in [0.1, 0.15) is 34.3 Å². The van der Waals surface area contributed by atoms with Gasteiger partial charge in [0.25, 0.3) is 5.91 Å². The van der Waals surface area contributed by atoms with E-state index in [0.29, 0.717) is 31.7 Å². The van der Waals surface area contributed by atoms with Crippen molar-refractivity contribution in [3.63, 3.8) is 0 Å². The molecule has 1 aliphatic rings. The average Bonchev–Trinajstić information content (AvgIpc) is 3.38. The molecule has 1 fully saturated rings. The molecule has 236 valence electrons.